The molecule has 0 aromatic rings. The van der Waals surface area contributed by atoms with Crippen molar-refractivity contribution in [1.29, 1.82) is 5.26 Å². The smallest absolute Gasteiger partial charge is 0.335 e. The molecule has 0 amide bonds. The van der Waals surface area contributed by atoms with Gasteiger partial charge in [0.1, 0.15) is 0 Å². The molecule has 5 nitrogen and oxygen atoms in total. The molecule has 0 saturated carbocycles. The summed E-state index contributed by atoms with van der Waals surface area (Å²) in [5, 5.41) is 7.51. The van der Waals surface area contributed by atoms with E-state index in [1.54, 1.807) is 6.07 Å². The molecular formula is C10H12N2O3. The molecule has 1 unspecified atom stereocenters. The molecule has 80 valence electrons. The van der Waals surface area contributed by atoms with Crippen molar-refractivity contribution in [1.82, 2.24) is 0 Å². The van der Waals surface area contributed by atoms with Gasteiger partial charge in [-0.05, 0) is 13.8 Å². The summed E-state index contributed by atoms with van der Waals surface area (Å²) in [5.74, 6) is -0.559. The van der Waals surface area contributed by atoms with Gasteiger partial charge < -0.3 is 4.74 Å². The van der Waals surface area contributed by atoms with Crippen LogP contribution in [0.5, 0.6) is 0 Å². The first-order valence-corrected chi connectivity index (χ1v) is 3.93. The molecule has 0 heterocycles. The van der Waals surface area contributed by atoms with E-state index in [4.69, 9.17) is 5.26 Å². The van der Waals surface area contributed by atoms with Gasteiger partial charge in [-0.3, -0.25) is 0 Å². The van der Waals surface area contributed by atoms with Crippen LogP contribution in [0.25, 0.3) is 0 Å². The van der Waals surface area contributed by atoms with Crippen LogP contribution in [0.15, 0.2) is 29.8 Å². The van der Waals surface area contributed by atoms with E-state index in [0.29, 0.717) is 0 Å². The van der Waals surface area contributed by atoms with Gasteiger partial charge in [0.25, 0.3) is 0 Å². The van der Waals surface area contributed by atoms with Crippen LogP contribution in [-0.4, -0.2) is 18.3 Å². The molecule has 0 saturated heterocycles. The van der Waals surface area contributed by atoms with Gasteiger partial charge in [-0.1, -0.05) is 13.2 Å². The molecule has 0 radical (unpaired) electrons. The molecule has 0 aromatic heterocycles. The Morgan fingerprint density at radius 2 is 2.13 bits per heavy atom. The van der Waals surface area contributed by atoms with Crippen LogP contribution in [0.3, 0.4) is 0 Å². The molecule has 0 aromatic carbocycles. The fourth-order valence-electron chi connectivity index (χ4n) is 0.356. The molecule has 0 aliphatic carbocycles. The summed E-state index contributed by atoms with van der Waals surface area (Å²) in [6.45, 7) is 9.45. The predicted octanol–water partition coefficient (Wildman–Crippen LogP) is 1.48. The van der Waals surface area contributed by atoms with Crippen molar-refractivity contribution in [3.05, 3.63) is 24.8 Å². The van der Waals surface area contributed by atoms with E-state index < -0.39 is 12.2 Å². The molecule has 0 fully saturated rings. The van der Waals surface area contributed by atoms with Crippen LogP contribution in [0.1, 0.15) is 13.8 Å². The summed E-state index contributed by atoms with van der Waals surface area (Å²) in [7, 11) is 0. The Morgan fingerprint density at radius 3 is 2.40 bits per heavy atom. The largest absolute Gasteiger partial charge is 0.436 e. The van der Waals surface area contributed by atoms with E-state index in [1.807, 2.05) is 0 Å². The molecule has 0 N–H and O–H groups in total. The first-order valence-electron chi connectivity index (χ1n) is 3.93. The SMILES string of the molecule is C=C(C)C(=O)OC(C)N=C=O.C=CC#N. The minimum atomic E-state index is -0.781. The lowest BCUT2D eigenvalue weighted by atomic mass is 10.4. The van der Waals surface area contributed by atoms with E-state index in [0.717, 1.165) is 0 Å². The maximum atomic E-state index is 10.7. The number of nitriles is 1. The number of aliphatic imine (C=N–C) groups is 1. The topological polar surface area (TPSA) is 79.5 Å². The maximum absolute atomic E-state index is 10.7. The third-order valence-electron chi connectivity index (χ3n) is 0.952. The Hall–Kier alpha value is -2.18. The number of carbonyl (C=O) groups is 1. The molecule has 0 rings (SSSR count). The van der Waals surface area contributed by atoms with Gasteiger partial charge in [0, 0.05) is 11.6 Å². The Bertz CT molecular complexity index is 322. The number of hydrogen-bond acceptors (Lipinski definition) is 5. The van der Waals surface area contributed by atoms with Gasteiger partial charge >= 0.3 is 5.97 Å². The second-order valence-corrected chi connectivity index (χ2v) is 2.34. The molecule has 5 heteroatoms. The summed E-state index contributed by atoms with van der Waals surface area (Å²) in [4.78, 5) is 23.5. The zero-order chi connectivity index (χ0) is 12.3. The second kappa shape index (κ2) is 9.90. The van der Waals surface area contributed by atoms with Crippen LogP contribution in [0.4, 0.5) is 0 Å². The third kappa shape index (κ3) is 11.8. The number of rotatable bonds is 3. The minimum absolute atomic E-state index is 0.276. The fourth-order valence-corrected chi connectivity index (χ4v) is 0.356. The second-order valence-electron chi connectivity index (χ2n) is 2.34. The quantitative estimate of drug-likeness (QED) is 0.231. The maximum Gasteiger partial charge on any atom is 0.335 e. The first kappa shape index (κ1) is 15.3. The number of nitrogens with zero attached hydrogens (tertiary/aromatic N) is 2. The van der Waals surface area contributed by atoms with Gasteiger partial charge in [0.05, 0.1) is 6.07 Å². The summed E-state index contributed by atoms with van der Waals surface area (Å²) in [5.41, 5.74) is 0.276. The van der Waals surface area contributed by atoms with Crippen molar-refractivity contribution in [2.45, 2.75) is 20.1 Å². The summed E-state index contributed by atoms with van der Waals surface area (Å²) >= 11 is 0. The third-order valence-corrected chi connectivity index (χ3v) is 0.952. The minimum Gasteiger partial charge on any atom is -0.436 e. The van der Waals surface area contributed by atoms with Crippen molar-refractivity contribution >= 4 is 12.0 Å². The van der Waals surface area contributed by atoms with E-state index in [2.05, 4.69) is 22.9 Å². The number of ether oxygens (including phenoxy) is 1. The molecule has 0 spiro atoms. The lowest BCUT2D eigenvalue weighted by molar-refractivity contribution is -0.142. The predicted molar refractivity (Wildman–Crippen MR) is 54.3 cm³/mol. The lowest BCUT2D eigenvalue weighted by Gasteiger charge is -2.05. The van der Waals surface area contributed by atoms with Crippen molar-refractivity contribution in [3.8, 4) is 6.07 Å². The Kier molecular flexibility index (Phi) is 10.1. The fraction of sp³-hybridized carbons (Fsp3) is 0.300. The van der Waals surface area contributed by atoms with Crippen molar-refractivity contribution in [2.24, 2.45) is 4.99 Å². The number of carbonyl (C=O) groups excluding carboxylic acids is 2. The van der Waals surface area contributed by atoms with Gasteiger partial charge in [-0.2, -0.15) is 10.3 Å². The summed E-state index contributed by atoms with van der Waals surface area (Å²) in [6.07, 6.45) is 1.68. The van der Waals surface area contributed by atoms with Gasteiger partial charge in [0.2, 0.25) is 12.3 Å². The molecule has 0 bridgehead atoms. The van der Waals surface area contributed by atoms with Crippen LogP contribution in [0, 0.1) is 11.3 Å². The van der Waals surface area contributed by atoms with E-state index in [9.17, 15) is 9.59 Å². The lowest BCUT2D eigenvalue weighted by Crippen LogP contribution is -2.12. The highest BCUT2D eigenvalue weighted by Crippen LogP contribution is 1.97. The van der Waals surface area contributed by atoms with Crippen molar-refractivity contribution < 1.29 is 14.3 Å². The summed E-state index contributed by atoms with van der Waals surface area (Å²) < 4.78 is 4.58. The van der Waals surface area contributed by atoms with E-state index >= 15 is 0 Å². The summed E-state index contributed by atoms with van der Waals surface area (Å²) in [6, 6.07) is 1.69. The van der Waals surface area contributed by atoms with Crippen LogP contribution < -0.4 is 0 Å². The molecule has 1 atom stereocenters. The monoisotopic (exact) mass is 208 g/mol. The highest BCUT2D eigenvalue weighted by molar-refractivity contribution is 5.87. The standard InChI is InChI=1S/C7H9NO3.C3H3N/c1-5(2)7(10)11-6(3)8-4-9;1-2-3-4/h6H,1H2,2-3H3;2H,1H2. The van der Waals surface area contributed by atoms with Gasteiger partial charge in [-0.15, -0.1) is 0 Å². The zero-order valence-electron chi connectivity index (χ0n) is 8.69. The Balaban J connectivity index is 0. The van der Waals surface area contributed by atoms with Crippen LogP contribution in [0.2, 0.25) is 0 Å². The van der Waals surface area contributed by atoms with Crippen molar-refractivity contribution in [3.63, 3.8) is 0 Å². The van der Waals surface area contributed by atoms with E-state index in [1.165, 1.54) is 26.0 Å². The Morgan fingerprint density at radius 1 is 1.67 bits per heavy atom. The van der Waals surface area contributed by atoms with Gasteiger partial charge in [-0.25, -0.2) is 9.59 Å². The zero-order valence-corrected chi connectivity index (χ0v) is 8.69. The molecule has 0 aliphatic rings. The molecular weight excluding hydrogens is 196 g/mol. The van der Waals surface area contributed by atoms with Gasteiger partial charge in [0.15, 0.2) is 0 Å². The Labute approximate surface area is 88.4 Å². The molecule has 0 aliphatic heterocycles. The number of hydrogen-bond donors (Lipinski definition) is 0. The average Bonchev–Trinajstić information content (AvgIpc) is 2.18. The van der Waals surface area contributed by atoms with Crippen molar-refractivity contribution in [2.75, 3.05) is 0 Å². The average molecular weight is 208 g/mol. The normalized spacial score (nSPS) is 9.13. The highest BCUT2D eigenvalue weighted by Gasteiger charge is 2.07. The highest BCUT2D eigenvalue weighted by atomic mass is 16.6. The number of allylic oxidation sites excluding steroid dienone is 1. The number of esters is 1. The van der Waals surface area contributed by atoms with Crippen LogP contribution >= 0.6 is 0 Å². The number of isocyanates is 1. The van der Waals surface area contributed by atoms with E-state index in [-0.39, 0.29) is 5.57 Å². The first-order chi connectivity index (χ1) is 6.99. The molecule has 15 heavy (non-hydrogen) atoms. The van der Waals surface area contributed by atoms with Crippen LogP contribution in [-0.2, 0) is 14.3 Å².